The summed E-state index contributed by atoms with van der Waals surface area (Å²) in [5.41, 5.74) is 1.16. The first-order valence-corrected chi connectivity index (χ1v) is 4.12. The van der Waals surface area contributed by atoms with Crippen molar-refractivity contribution in [3.05, 3.63) is 35.4 Å². The maximum atomic E-state index is 11.1. The van der Waals surface area contributed by atoms with Crippen molar-refractivity contribution in [1.29, 1.82) is 0 Å². The second-order valence-electron chi connectivity index (χ2n) is 2.56. The smallest absolute Gasteiger partial charge is 0.338 e. The van der Waals surface area contributed by atoms with Crippen LogP contribution in [0.3, 0.4) is 0 Å². The molecule has 1 radical (unpaired) electrons. The van der Waals surface area contributed by atoms with Gasteiger partial charge in [0.15, 0.2) is 0 Å². The summed E-state index contributed by atoms with van der Waals surface area (Å²) in [6.45, 7) is 1.86. The van der Waals surface area contributed by atoms with E-state index in [0.29, 0.717) is 17.7 Å². The molecule has 0 saturated carbocycles. The van der Waals surface area contributed by atoms with Crippen LogP contribution in [0.1, 0.15) is 22.8 Å². The molecule has 0 atom stereocenters. The van der Waals surface area contributed by atoms with Crippen LogP contribution in [0.4, 0.5) is 0 Å². The van der Waals surface area contributed by atoms with Crippen LogP contribution >= 0.6 is 0 Å². The molecular formula is C10H11O3. The highest BCUT2D eigenvalue weighted by atomic mass is 16.5. The molecule has 0 bridgehead atoms. The maximum absolute atomic E-state index is 11.1. The van der Waals surface area contributed by atoms with E-state index in [-0.39, 0.29) is 12.6 Å². The number of carbonyl (C=O) groups is 1. The maximum Gasteiger partial charge on any atom is 0.338 e. The molecule has 0 fully saturated rings. The molecule has 69 valence electrons. The van der Waals surface area contributed by atoms with Crippen LogP contribution in [0.25, 0.3) is 0 Å². The number of hydrogen-bond donors (Lipinski definition) is 0. The summed E-state index contributed by atoms with van der Waals surface area (Å²) in [6.07, 6.45) is 0. The summed E-state index contributed by atoms with van der Waals surface area (Å²) in [5, 5.41) is 10.4. The first-order valence-electron chi connectivity index (χ1n) is 4.12. The average molecular weight is 179 g/mol. The monoisotopic (exact) mass is 179 g/mol. The third kappa shape index (κ3) is 2.56. The lowest BCUT2D eigenvalue weighted by Crippen LogP contribution is -2.04. The highest BCUT2D eigenvalue weighted by molar-refractivity contribution is 5.89. The Hall–Kier alpha value is -1.35. The first-order chi connectivity index (χ1) is 6.27. The molecule has 13 heavy (non-hydrogen) atoms. The van der Waals surface area contributed by atoms with Crippen molar-refractivity contribution in [2.45, 2.75) is 13.5 Å². The van der Waals surface area contributed by atoms with E-state index >= 15 is 0 Å². The number of benzene rings is 1. The fraction of sp³-hybridized carbons (Fsp3) is 0.300. The molecule has 0 saturated heterocycles. The predicted octanol–water partition coefficient (Wildman–Crippen LogP) is 1.79. The largest absolute Gasteiger partial charge is 0.462 e. The molecule has 3 nitrogen and oxygen atoms in total. The van der Waals surface area contributed by atoms with Gasteiger partial charge in [-0.25, -0.2) is 9.90 Å². The van der Waals surface area contributed by atoms with Gasteiger partial charge in [0.05, 0.1) is 12.2 Å². The van der Waals surface area contributed by atoms with E-state index in [9.17, 15) is 9.90 Å². The lowest BCUT2D eigenvalue weighted by Gasteiger charge is -2.01. The van der Waals surface area contributed by atoms with Gasteiger partial charge in [-0.3, -0.25) is 0 Å². The van der Waals surface area contributed by atoms with Crippen molar-refractivity contribution < 1.29 is 14.6 Å². The first kappa shape index (κ1) is 9.74. The van der Waals surface area contributed by atoms with Crippen molar-refractivity contribution >= 4 is 5.97 Å². The molecule has 0 aromatic heterocycles. The van der Waals surface area contributed by atoms with Gasteiger partial charge in [0.25, 0.3) is 0 Å². The molecular weight excluding hydrogens is 168 g/mol. The van der Waals surface area contributed by atoms with Crippen molar-refractivity contribution in [2.24, 2.45) is 0 Å². The molecule has 1 rings (SSSR count). The third-order valence-corrected chi connectivity index (χ3v) is 1.63. The lowest BCUT2D eigenvalue weighted by atomic mass is 10.1. The molecule has 0 aliphatic heterocycles. The van der Waals surface area contributed by atoms with Crippen molar-refractivity contribution in [2.75, 3.05) is 6.61 Å². The molecule has 0 unspecified atom stereocenters. The van der Waals surface area contributed by atoms with E-state index in [2.05, 4.69) is 0 Å². The van der Waals surface area contributed by atoms with Crippen LogP contribution in [0.5, 0.6) is 0 Å². The van der Waals surface area contributed by atoms with Gasteiger partial charge in [-0.1, -0.05) is 12.1 Å². The highest BCUT2D eigenvalue weighted by Crippen LogP contribution is 2.05. The number of rotatable bonds is 3. The van der Waals surface area contributed by atoms with Crippen LogP contribution in [0, 0.1) is 0 Å². The van der Waals surface area contributed by atoms with E-state index in [1.165, 1.54) is 0 Å². The second kappa shape index (κ2) is 4.62. The Morgan fingerprint density at radius 1 is 1.31 bits per heavy atom. The van der Waals surface area contributed by atoms with Gasteiger partial charge in [0.1, 0.15) is 6.61 Å². The Morgan fingerprint density at radius 3 is 2.38 bits per heavy atom. The van der Waals surface area contributed by atoms with Crippen LogP contribution < -0.4 is 0 Å². The Morgan fingerprint density at radius 2 is 1.92 bits per heavy atom. The Bertz CT molecular complexity index is 277. The quantitative estimate of drug-likeness (QED) is 0.664. The third-order valence-electron chi connectivity index (χ3n) is 1.63. The number of carbonyl (C=O) groups excluding carboxylic acids is 1. The molecule has 0 amide bonds. The van der Waals surface area contributed by atoms with E-state index in [1.807, 2.05) is 0 Å². The zero-order chi connectivity index (χ0) is 9.68. The van der Waals surface area contributed by atoms with Gasteiger partial charge in [0.2, 0.25) is 0 Å². The lowest BCUT2D eigenvalue weighted by molar-refractivity contribution is 0.0526. The molecule has 1 aromatic rings. The van der Waals surface area contributed by atoms with E-state index in [1.54, 1.807) is 31.2 Å². The molecule has 3 heteroatoms. The van der Waals surface area contributed by atoms with E-state index in [4.69, 9.17) is 4.74 Å². The number of esters is 1. The zero-order valence-corrected chi connectivity index (χ0v) is 7.45. The van der Waals surface area contributed by atoms with Crippen LogP contribution in [0.2, 0.25) is 0 Å². The second-order valence-corrected chi connectivity index (χ2v) is 2.56. The van der Waals surface area contributed by atoms with Gasteiger partial charge in [-0.15, -0.1) is 0 Å². The molecule has 0 spiro atoms. The van der Waals surface area contributed by atoms with E-state index < -0.39 is 0 Å². The van der Waals surface area contributed by atoms with Gasteiger partial charge < -0.3 is 4.74 Å². The number of ether oxygens (including phenoxy) is 1. The zero-order valence-electron chi connectivity index (χ0n) is 7.45. The minimum absolute atomic E-state index is 0.261. The van der Waals surface area contributed by atoms with Crippen LogP contribution in [-0.4, -0.2) is 12.6 Å². The van der Waals surface area contributed by atoms with Crippen molar-refractivity contribution in [3.63, 3.8) is 0 Å². The Balaban J connectivity index is 2.74. The number of hydrogen-bond acceptors (Lipinski definition) is 2. The normalized spacial score (nSPS) is 9.69. The van der Waals surface area contributed by atoms with Crippen LogP contribution in [0.15, 0.2) is 24.3 Å². The molecule has 0 aliphatic carbocycles. The van der Waals surface area contributed by atoms with Crippen LogP contribution in [-0.2, 0) is 16.5 Å². The topological polar surface area (TPSA) is 46.2 Å². The fourth-order valence-electron chi connectivity index (χ4n) is 0.951. The van der Waals surface area contributed by atoms with Crippen molar-refractivity contribution in [3.8, 4) is 0 Å². The Labute approximate surface area is 77.0 Å². The standard InChI is InChI=1S/C10H11O3/c1-2-13-10(12)9-5-3-8(7-11)4-6-9/h3-6H,2,7H2,1H3. The summed E-state index contributed by atoms with van der Waals surface area (Å²) in [6, 6.07) is 6.48. The summed E-state index contributed by atoms with van der Waals surface area (Å²) < 4.78 is 4.78. The molecule has 0 heterocycles. The summed E-state index contributed by atoms with van der Waals surface area (Å²) in [7, 11) is 0. The van der Waals surface area contributed by atoms with Gasteiger partial charge in [0, 0.05) is 0 Å². The van der Waals surface area contributed by atoms with E-state index in [0.717, 1.165) is 0 Å². The summed E-state index contributed by atoms with van der Waals surface area (Å²) >= 11 is 0. The minimum Gasteiger partial charge on any atom is -0.462 e. The SMILES string of the molecule is CCOC(=O)c1ccc(C[O])cc1. The minimum atomic E-state index is -0.347. The molecule has 0 aliphatic rings. The molecule has 0 N–H and O–H groups in total. The summed E-state index contributed by atoms with van der Waals surface area (Å²) in [5.74, 6) is -0.347. The average Bonchev–Trinajstić information content (AvgIpc) is 2.18. The fourth-order valence-corrected chi connectivity index (χ4v) is 0.951. The van der Waals surface area contributed by atoms with Gasteiger partial charge in [-0.05, 0) is 24.6 Å². The van der Waals surface area contributed by atoms with Gasteiger partial charge >= 0.3 is 5.97 Å². The predicted molar refractivity (Wildman–Crippen MR) is 46.8 cm³/mol. The van der Waals surface area contributed by atoms with Crippen molar-refractivity contribution in [1.82, 2.24) is 0 Å². The summed E-state index contributed by atoms with van der Waals surface area (Å²) in [4.78, 5) is 11.1. The molecule has 1 aromatic carbocycles. The van der Waals surface area contributed by atoms with Gasteiger partial charge in [-0.2, -0.15) is 0 Å². The Kier molecular flexibility index (Phi) is 3.46. The highest BCUT2D eigenvalue weighted by Gasteiger charge is 2.04.